The van der Waals surface area contributed by atoms with E-state index in [9.17, 15) is 4.79 Å². The number of benzene rings is 1. The fourth-order valence-corrected chi connectivity index (χ4v) is 3.57. The molecule has 0 radical (unpaired) electrons. The van der Waals surface area contributed by atoms with E-state index in [-0.39, 0.29) is 11.9 Å². The number of amides is 1. The van der Waals surface area contributed by atoms with Gasteiger partial charge in [-0.1, -0.05) is 18.6 Å². The van der Waals surface area contributed by atoms with Crippen LogP contribution in [0.2, 0.25) is 0 Å². The highest BCUT2D eigenvalue weighted by Crippen LogP contribution is 2.29. The van der Waals surface area contributed by atoms with Crippen LogP contribution in [0.15, 0.2) is 30.5 Å². The molecule has 1 aliphatic rings. The molecule has 1 aromatic carbocycles. The van der Waals surface area contributed by atoms with Crippen LogP contribution >= 0.6 is 0 Å². The van der Waals surface area contributed by atoms with Gasteiger partial charge in [-0.15, -0.1) is 0 Å². The molecule has 1 fully saturated rings. The number of carbonyl (C=O) groups excluding carboxylic acids is 1. The summed E-state index contributed by atoms with van der Waals surface area (Å²) in [7, 11) is 3.29. The number of hydrogen-bond donors (Lipinski definition) is 1. The number of nitrogens with one attached hydrogen (secondary N) is 1. The Morgan fingerprint density at radius 2 is 2.11 bits per heavy atom. The van der Waals surface area contributed by atoms with Crippen LogP contribution in [0.3, 0.4) is 0 Å². The normalized spacial score (nSPS) is 17.3. The van der Waals surface area contributed by atoms with Gasteiger partial charge in [0, 0.05) is 19.9 Å². The van der Waals surface area contributed by atoms with E-state index in [0.717, 1.165) is 31.8 Å². The molecule has 0 saturated carbocycles. The maximum atomic E-state index is 12.7. The summed E-state index contributed by atoms with van der Waals surface area (Å²) in [5.74, 6) is 1.15. The summed E-state index contributed by atoms with van der Waals surface area (Å²) in [6.45, 7) is 4.42. The zero-order chi connectivity index (χ0) is 19.9. The molecule has 1 saturated heterocycles. The summed E-state index contributed by atoms with van der Waals surface area (Å²) in [5.41, 5.74) is 1.76. The number of hydrogen-bond acceptors (Lipinski definition) is 6. The zero-order valence-electron chi connectivity index (χ0n) is 16.8. The number of nitrogens with zero attached hydrogens (tertiary/aromatic N) is 3. The zero-order valence-corrected chi connectivity index (χ0v) is 16.8. The van der Waals surface area contributed by atoms with Gasteiger partial charge in [-0.2, -0.15) is 0 Å². The molecule has 1 amide bonds. The quantitative estimate of drug-likeness (QED) is 0.790. The van der Waals surface area contributed by atoms with Crippen LogP contribution < -0.4 is 10.1 Å². The summed E-state index contributed by atoms with van der Waals surface area (Å²) in [5, 5.41) is 2.88. The molecule has 2 heterocycles. The van der Waals surface area contributed by atoms with Crippen molar-refractivity contribution in [1.82, 2.24) is 14.9 Å². The molecule has 1 N–H and O–H groups in total. The van der Waals surface area contributed by atoms with E-state index in [1.807, 2.05) is 19.1 Å². The first-order chi connectivity index (χ1) is 13.6. The first-order valence-electron chi connectivity index (χ1n) is 9.65. The van der Waals surface area contributed by atoms with Crippen molar-refractivity contribution in [3.05, 3.63) is 47.5 Å². The van der Waals surface area contributed by atoms with Gasteiger partial charge in [0.05, 0.1) is 36.7 Å². The van der Waals surface area contributed by atoms with Gasteiger partial charge in [-0.3, -0.25) is 9.69 Å². The van der Waals surface area contributed by atoms with Crippen LogP contribution in [0.25, 0.3) is 0 Å². The van der Waals surface area contributed by atoms with Crippen molar-refractivity contribution in [3.8, 4) is 5.75 Å². The second-order valence-electron chi connectivity index (χ2n) is 6.92. The SMILES string of the molecule is COCCN1CCCCC1c1ncc(C(=O)Nc2ccccc2OC)c(C)n1. The number of ether oxygens (including phenoxy) is 2. The van der Waals surface area contributed by atoms with Gasteiger partial charge in [0.25, 0.3) is 5.91 Å². The Hall–Kier alpha value is -2.51. The highest BCUT2D eigenvalue weighted by molar-refractivity contribution is 6.05. The largest absolute Gasteiger partial charge is 0.495 e. The Labute approximate surface area is 166 Å². The number of methoxy groups -OCH3 is 2. The molecule has 3 rings (SSSR count). The van der Waals surface area contributed by atoms with Gasteiger partial charge >= 0.3 is 0 Å². The smallest absolute Gasteiger partial charge is 0.259 e. The number of para-hydroxylation sites is 2. The van der Waals surface area contributed by atoms with E-state index in [1.54, 1.807) is 32.5 Å². The molecule has 1 aromatic heterocycles. The summed E-state index contributed by atoms with van der Waals surface area (Å²) in [6, 6.07) is 7.49. The minimum atomic E-state index is -0.242. The Balaban J connectivity index is 1.76. The van der Waals surface area contributed by atoms with Crippen LogP contribution in [0, 0.1) is 6.92 Å². The highest BCUT2D eigenvalue weighted by atomic mass is 16.5. The Morgan fingerprint density at radius 1 is 1.29 bits per heavy atom. The average Bonchev–Trinajstić information content (AvgIpc) is 2.72. The number of anilines is 1. The summed E-state index contributed by atoms with van der Waals surface area (Å²) in [4.78, 5) is 24.3. The third kappa shape index (κ3) is 4.66. The number of aromatic nitrogens is 2. The number of piperidine rings is 1. The molecule has 1 unspecified atom stereocenters. The van der Waals surface area contributed by atoms with Crippen LogP contribution in [-0.4, -0.2) is 54.7 Å². The molecule has 150 valence electrons. The third-order valence-corrected chi connectivity index (χ3v) is 5.09. The second-order valence-corrected chi connectivity index (χ2v) is 6.92. The maximum Gasteiger partial charge on any atom is 0.259 e. The lowest BCUT2D eigenvalue weighted by molar-refractivity contribution is 0.0920. The highest BCUT2D eigenvalue weighted by Gasteiger charge is 2.26. The van der Waals surface area contributed by atoms with Gasteiger partial charge in [0.15, 0.2) is 0 Å². The molecular weight excluding hydrogens is 356 g/mol. The van der Waals surface area contributed by atoms with Crippen LogP contribution in [0.1, 0.15) is 47.2 Å². The standard InChI is InChI=1S/C21H28N4O3/c1-15-16(21(26)24-17-8-4-5-10-19(17)28-3)14-22-20(23-15)18-9-6-7-11-25(18)12-13-27-2/h4-5,8,10,14,18H,6-7,9,11-13H2,1-3H3,(H,24,26). The minimum absolute atomic E-state index is 0.175. The van der Waals surface area contributed by atoms with Gasteiger partial charge in [-0.25, -0.2) is 9.97 Å². The van der Waals surface area contributed by atoms with Crippen molar-refractivity contribution in [1.29, 1.82) is 0 Å². The van der Waals surface area contributed by atoms with E-state index < -0.39 is 0 Å². The van der Waals surface area contributed by atoms with Crippen molar-refractivity contribution >= 4 is 11.6 Å². The van der Waals surface area contributed by atoms with Gasteiger partial charge in [0.1, 0.15) is 11.6 Å². The van der Waals surface area contributed by atoms with Crippen molar-refractivity contribution in [2.75, 3.05) is 39.2 Å². The van der Waals surface area contributed by atoms with Crippen LogP contribution in [-0.2, 0) is 4.74 Å². The molecule has 1 atom stereocenters. The Bertz CT molecular complexity index is 812. The van der Waals surface area contributed by atoms with Crippen LogP contribution in [0.5, 0.6) is 5.75 Å². The Morgan fingerprint density at radius 3 is 2.86 bits per heavy atom. The van der Waals surface area contributed by atoms with E-state index in [1.165, 1.54) is 6.42 Å². The van der Waals surface area contributed by atoms with Crippen LogP contribution in [0.4, 0.5) is 5.69 Å². The molecule has 28 heavy (non-hydrogen) atoms. The fraction of sp³-hybridized carbons (Fsp3) is 0.476. The maximum absolute atomic E-state index is 12.7. The van der Waals surface area contributed by atoms with Crippen molar-refractivity contribution in [2.24, 2.45) is 0 Å². The summed E-state index contributed by atoms with van der Waals surface area (Å²) < 4.78 is 10.5. The van der Waals surface area contributed by atoms with Crippen molar-refractivity contribution < 1.29 is 14.3 Å². The lowest BCUT2D eigenvalue weighted by Crippen LogP contribution is -2.37. The Kier molecular flexibility index (Phi) is 6.95. The molecule has 0 aliphatic carbocycles. The third-order valence-electron chi connectivity index (χ3n) is 5.09. The number of aryl methyl sites for hydroxylation is 1. The van der Waals surface area contributed by atoms with E-state index >= 15 is 0 Å². The predicted molar refractivity (Wildman–Crippen MR) is 108 cm³/mol. The molecule has 7 heteroatoms. The molecule has 0 spiro atoms. The predicted octanol–water partition coefficient (Wildman–Crippen LogP) is 3.22. The number of rotatable bonds is 7. The van der Waals surface area contributed by atoms with Crippen molar-refractivity contribution in [2.45, 2.75) is 32.2 Å². The molecular formula is C21H28N4O3. The topological polar surface area (TPSA) is 76.6 Å². The minimum Gasteiger partial charge on any atom is -0.495 e. The summed E-state index contributed by atoms with van der Waals surface area (Å²) >= 11 is 0. The molecule has 7 nitrogen and oxygen atoms in total. The van der Waals surface area contributed by atoms with Gasteiger partial charge in [0.2, 0.25) is 0 Å². The van der Waals surface area contributed by atoms with E-state index in [4.69, 9.17) is 9.47 Å². The molecule has 1 aliphatic heterocycles. The molecule has 0 bridgehead atoms. The fourth-order valence-electron chi connectivity index (χ4n) is 3.57. The lowest BCUT2D eigenvalue weighted by atomic mass is 10.0. The summed E-state index contributed by atoms with van der Waals surface area (Å²) in [6.07, 6.45) is 4.99. The van der Waals surface area contributed by atoms with E-state index in [2.05, 4.69) is 20.2 Å². The number of carbonyl (C=O) groups is 1. The lowest BCUT2D eigenvalue weighted by Gasteiger charge is -2.34. The second kappa shape index (κ2) is 9.61. The first kappa shape index (κ1) is 20.2. The number of likely N-dealkylation sites (tertiary alicyclic amines) is 1. The van der Waals surface area contributed by atoms with Gasteiger partial charge < -0.3 is 14.8 Å². The van der Waals surface area contributed by atoms with E-state index in [0.29, 0.717) is 29.3 Å². The monoisotopic (exact) mass is 384 g/mol. The van der Waals surface area contributed by atoms with Crippen molar-refractivity contribution in [3.63, 3.8) is 0 Å². The average molecular weight is 384 g/mol. The first-order valence-corrected chi connectivity index (χ1v) is 9.65. The molecule has 2 aromatic rings. The van der Waals surface area contributed by atoms with Gasteiger partial charge in [-0.05, 0) is 38.4 Å².